The third kappa shape index (κ3) is 6.88. The number of β-amino-alcohol motifs (C(OH)–C–C–N with tert-alkyl or cyclic N) is 1. The number of hydrogen-bond donors (Lipinski definition) is 4. The van der Waals surface area contributed by atoms with E-state index >= 15 is 0 Å². The predicted molar refractivity (Wildman–Crippen MR) is 140 cm³/mol. The highest BCUT2D eigenvalue weighted by atomic mass is 35.5. The number of aliphatic hydroxyl groups is 1. The van der Waals surface area contributed by atoms with Crippen LogP contribution in [0.3, 0.4) is 0 Å². The van der Waals surface area contributed by atoms with E-state index in [-0.39, 0.29) is 31.2 Å². The quantitative estimate of drug-likeness (QED) is 0.242. The Balaban J connectivity index is 0.00000342. The largest absolute Gasteiger partial charge is 0.490 e. The molecule has 0 saturated carbocycles. The highest BCUT2D eigenvalue weighted by molar-refractivity contribution is 6.10. The number of H-pyrrole nitrogens is 1. The number of fused-ring (bicyclic) bond motifs is 3. The lowest BCUT2D eigenvalue weighted by atomic mass is 9.94. The lowest BCUT2D eigenvalue weighted by molar-refractivity contribution is -0.139. The second kappa shape index (κ2) is 11.4. The molecule has 1 atom stereocenters. The van der Waals surface area contributed by atoms with Crippen molar-refractivity contribution in [3.05, 3.63) is 72.3 Å². The van der Waals surface area contributed by atoms with Crippen LogP contribution in [0.25, 0.3) is 21.8 Å². The van der Waals surface area contributed by atoms with Crippen molar-refractivity contribution in [3.8, 4) is 11.5 Å². The van der Waals surface area contributed by atoms with Gasteiger partial charge in [0.15, 0.2) is 6.61 Å². The van der Waals surface area contributed by atoms with Gasteiger partial charge in [0.1, 0.15) is 24.2 Å². The van der Waals surface area contributed by atoms with E-state index in [1.807, 2.05) is 48.5 Å². The van der Waals surface area contributed by atoms with E-state index in [0.29, 0.717) is 12.3 Å². The molecule has 0 aliphatic carbocycles. The molecule has 0 unspecified atom stereocenters. The topological polar surface area (TPSA) is 104 Å². The zero-order valence-electron chi connectivity index (χ0n) is 19.8. The molecule has 0 fully saturated rings. The maximum absolute atomic E-state index is 10.6. The highest BCUT2D eigenvalue weighted by Gasteiger charge is 2.20. The van der Waals surface area contributed by atoms with Crippen molar-refractivity contribution >= 4 is 40.2 Å². The standard InChI is InChI=1S/C27H30N2O5.ClH/c1-27(2,14-18-10-12-20(13-11-18)33-17-25(31)32)28-15-19(30)16-34-24-9-5-8-23-26(24)21-6-3-4-7-22(21)29-23;/h3-13,19,28-30H,14-17H2,1-2H3,(H,31,32);1H/t19-;/m0./s1. The third-order valence-electron chi connectivity index (χ3n) is 5.67. The van der Waals surface area contributed by atoms with Gasteiger partial charge in [-0.15, -0.1) is 12.4 Å². The minimum absolute atomic E-state index is 0. The van der Waals surface area contributed by atoms with Gasteiger partial charge >= 0.3 is 5.97 Å². The molecule has 7 nitrogen and oxygen atoms in total. The van der Waals surface area contributed by atoms with Crippen LogP contribution in [-0.2, 0) is 11.2 Å². The Labute approximate surface area is 210 Å². The fraction of sp³-hybridized carbons (Fsp3) is 0.296. The molecule has 1 aromatic heterocycles. The normalized spacial score (nSPS) is 12.3. The van der Waals surface area contributed by atoms with Crippen LogP contribution in [0.1, 0.15) is 19.4 Å². The molecule has 0 aliphatic rings. The van der Waals surface area contributed by atoms with Crippen molar-refractivity contribution in [3.63, 3.8) is 0 Å². The molecule has 0 spiro atoms. The predicted octanol–water partition coefficient (Wildman–Crippen LogP) is 4.56. The average Bonchev–Trinajstić information content (AvgIpc) is 3.20. The first-order valence-corrected chi connectivity index (χ1v) is 11.3. The zero-order chi connectivity index (χ0) is 24.1. The summed E-state index contributed by atoms with van der Waals surface area (Å²) in [5, 5.41) is 24.8. The van der Waals surface area contributed by atoms with E-state index in [0.717, 1.165) is 39.5 Å². The summed E-state index contributed by atoms with van der Waals surface area (Å²) in [6.45, 7) is 4.35. The summed E-state index contributed by atoms with van der Waals surface area (Å²) < 4.78 is 11.2. The van der Waals surface area contributed by atoms with Gasteiger partial charge in [0.05, 0.1) is 5.52 Å². The SMILES string of the molecule is CC(C)(Cc1ccc(OCC(=O)O)cc1)NC[C@H](O)COc1cccc2[nH]c3ccccc3c12.Cl. The number of aliphatic carboxylic acids is 1. The Morgan fingerprint density at radius 1 is 1.00 bits per heavy atom. The lowest BCUT2D eigenvalue weighted by Gasteiger charge is -2.28. The molecule has 4 N–H and O–H groups in total. The Kier molecular flexibility index (Phi) is 8.62. The Morgan fingerprint density at radius 2 is 1.71 bits per heavy atom. The maximum atomic E-state index is 10.6. The maximum Gasteiger partial charge on any atom is 0.341 e. The van der Waals surface area contributed by atoms with Crippen molar-refractivity contribution in [1.29, 1.82) is 0 Å². The summed E-state index contributed by atoms with van der Waals surface area (Å²) in [4.78, 5) is 14.0. The second-order valence-corrected chi connectivity index (χ2v) is 9.08. The van der Waals surface area contributed by atoms with Crippen molar-refractivity contribution in [2.24, 2.45) is 0 Å². The summed E-state index contributed by atoms with van der Waals surface area (Å²) in [6, 6.07) is 21.4. The first-order valence-electron chi connectivity index (χ1n) is 11.3. The number of hydrogen-bond acceptors (Lipinski definition) is 5. The molecule has 8 heteroatoms. The van der Waals surface area contributed by atoms with Crippen LogP contribution in [0.4, 0.5) is 0 Å². The number of carbonyl (C=O) groups is 1. The molecule has 0 amide bonds. The number of nitrogens with one attached hydrogen (secondary N) is 2. The number of carboxylic acids is 1. The second-order valence-electron chi connectivity index (χ2n) is 9.08. The molecule has 0 radical (unpaired) electrons. The Bertz CT molecular complexity index is 1270. The van der Waals surface area contributed by atoms with Gasteiger partial charge in [-0.2, -0.15) is 0 Å². The average molecular weight is 499 g/mol. The smallest absolute Gasteiger partial charge is 0.341 e. The molecule has 0 aliphatic heterocycles. The van der Waals surface area contributed by atoms with E-state index in [9.17, 15) is 9.90 Å². The first kappa shape index (κ1) is 26.3. The summed E-state index contributed by atoms with van der Waals surface area (Å²) in [5.41, 5.74) is 2.88. The van der Waals surface area contributed by atoms with Crippen LogP contribution >= 0.6 is 12.4 Å². The highest BCUT2D eigenvalue weighted by Crippen LogP contribution is 2.33. The van der Waals surface area contributed by atoms with Crippen LogP contribution in [0, 0.1) is 0 Å². The van der Waals surface area contributed by atoms with Gasteiger partial charge in [-0.25, -0.2) is 4.79 Å². The fourth-order valence-corrected chi connectivity index (χ4v) is 4.05. The van der Waals surface area contributed by atoms with Gasteiger partial charge in [-0.05, 0) is 56.2 Å². The lowest BCUT2D eigenvalue weighted by Crippen LogP contribution is -2.46. The van der Waals surface area contributed by atoms with Gasteiger partial charge < -0.3 is 30.0 Å². The van der Waals surface area contributed by atoms with Crippen molar-refractivity contribution in [2.45, 2.75) is 31.9 Å². The van der Waals surface area contributed by atoms with Crippen molar-refractivity contribution in [2.75, 3.05) is 19.8 Å². The van der Waals surface area contributed by atoms with E-state index in [1.54, 1.807) is 12.1 Å². The third-order valence-corrected chi connectivity index (χ3v) is 5.67. The zero-order valence-corrected chi connectivity index (χ0v) is 20.6. The van der Waals surface area contributed by atoms with Crippen LogP contribution in [0.2, 0.25) is 0 Å². The number of rotatable bonds is 11. The minimum atomic E-state index is -1.00. The van der Waals surface area contributed by atoms with E-state index < -0.39 is 12.1 Å². The van der Waals surface area contributed by atoms with Crippen LogP contribution in [-0.4, -0.2) is 52.6 Å². The number of aliphatic hydroxyl groups excluding tert-OH is 1. The van der Waals surface area contributed by atoms with Crippen LogP contribution in [0.5, 0.6) is 11.5 Å². The van der Waals surface area contributed by atoms with E-state index in [1.165, 1.54) is 0 Å². The molecule has 186 valence electrons. The molecule has 35 heavy (non-hydrogen) atoms. The number of carboxylic acid groups (broad SMARTS) is 1. The van der Waals surface area contributed by atoms with Gasteiger partial charge in [-0.3, -0.25) is 0 Å². The summed E-state index contributed by atoms with van der Waals surface area (Å²) >= 11 is 0. The number of aromatic amines is 1. The van der Waals surface area contributed by atoms with Gasteiger partial charge in [0, 0.05) is 28.4 Å². The molecule has 0 saturated heterocycles. The molecule has 4 aromatic rings. The number of para-hydroxylation sites is 1. The van der Waals surface area contributed by atoms with Crippen LogP contribution < -0.4 is 14.8 Å². The van der Waals surface area contributed by atoms with Crippen molar-refractivity contribution in [1.82, 2.24) is 10.3 Å². The van der Waals surface area contributed by atoms with E-state index in [2.05, 4.69) is 30.2 Å². The molecular formula is C27H31ClN2O5. The summed E-state index contributed by atoms with van der Waals surface area (Å²) in [6.07, 6.45) is 0.0561. The number of halogens is 1. The molecule has 4 rings (SSSR count). The number of aromatic nitrogens is 1. The molecule has 1 heterocycles. The number of benzene rings is 3. The number of ether oxygens (including phenoxy) is 2. The fourth-order valence-electron chi connectivity index (χ4n) is 4.05. The van der Waals surface area contributed by atoms with Gasteiger partial charge in [-0.1, -0.05) is 36.4 Å². The molecule has 0 bridgehead atoms. The summed E-state index contributed by atoms with van der Waals surface area (Å²) in [5.74, 6) is 0.267. The van der Waals surface area contributed by atoms with Crippen molar-refractivity contribution < 1.29 is 24.5 Å². The van der Waals surface area contributed by atoms with Gasteiger partial charge in [0.25, 0.3) is 0 Å². The summed E-state index contributed by atoms with van der Waals surface area (Å²) in [7, 11) is 0. The monoisotopic (exact) mass is 498 g/mol. The van der Waals surface area contributed by atoms with Crippen LogP contribution in [0.15, 0.2) is 66.7 Å². The first-order chi connectivity index (χ1) is 16.3. The molecular weight excluding hydrogens is 468 g/mol. The Hall–Kier alpha value is -3.26. The minimum Gasteiger partial charge on any atom is -0.490 e. The molecule has 3 aromatic carbocycles. The Morgan fingerprint density at radius 3 is 2.46 bits per heavy atom. The van der Waals surface area contributed by atoms with E-state index in [4.69, 9.17) is 14.6 Å². The van der Waals surface area contributed by atoms with Gasteiger partial charge in [0.2, 0.25) is 0 Å².